The molecule has 0 amide bonds. The zero-order valence-corrected chi connectivity index (χ0v) is 13.0. The molecular formula is C18H21N3O. The van der Waals surface area contributed by atoms with Crippen LogP contribution in [-0.4, -0.2) is 21.0 Å². The number of hydrogen-bond acceptors (Lipinski definition) is 3. The van der Waals surface area contributed by atoms with E-state index in [1.165, 1.54) is 11.1 Å². The fraction of sp³-hybridized carbons (Fsp3) is 0.278. The molecule has 0 radical (unpaired) electrons. The SMILES string of the molecule is Cc1ccc(C(O)CNCc2cnc3ccc(C)cn23)cc1. The number of rotatable bonds is 5. The average Bonchev–Trinajstić information content (AvgIpc) is 2.90. The summed E-state index contributed by atoms with van der Waals surface area (Å²) >= 11 is 0. The fourth-order valence-electron chi connectivity index (χ4n) is 2.51. The topological polar surface area (TPSA) is 49.6 Å². The maximum Gasteiger partial charge on any atom is 0.136 e. The van der Waals surface area contributed by atoms with Crippen molar-refractivity contribution < 1.29 is 5.11 Å². The van der Waals surface area contributed by atoms with Gasteiger partial charge in [-0.3, -0.25) is 0 Å². The van der Waals surface area contributed by atoms with Gasteiger partial charge in [0.15, 0.2) is 0 Å². The highest BCUT2D eigenvalue weighted by Gasteiger charge is 2.08. The molecule has 4 nitrogen and oxygen atoms in total. The summed E-state index contributed by atoms with van der Waals surface area (Å²) in [5.74, 6) is 0. The first kappa shape index (κ1) is 14.8. The highest BCUT2D eigenvalue weighted by Crippen LogP contribution is 2.13. The number of aromatic nitrogens is 2. The summed E-state index contributed by atoms with van der Waals surface area (Å²) in [4.78, 5) is 4.39. The van der Waals surface area contributed by atoms with Gasteiger partial charge in [0.25, 0.3) is 0 Å². The lowest BCUT2D eigenvalue weighted by Gasteiger charge is -2.12. The first-order valence-electron chi connectivity index (χ1n) is 7.51. The third kappa shape index (κ3) is 3.18. The second kappa shape index (κ2) is 6.30. The van der Waals surface area contributed by atoms with Gasteiger partial charge in [-0.15, -0.1) is 0 Å². The van der Waals surface area contributed by atoms with Crippen LogP contribution in [-0.2, 0) is 6.54 Å². The molecular weight excluding hydrogens is 274 g/mol. The molecule has 0 fully saturated rings. The molecule has 2 N–H and O–H groups in total. The van der Waals surface area contributed by atoms with E-state index in [2.05, 4.69) is 33.9 Å². The molecule has 1 atom stereocenters. The lowest BCUT2D eigenvalue weighted by Crippen LogP contribution is -2.21. The Kier molecular flexibility index (Phi) is 4.22. The number of aliphatic hydroxyl groups excluding tert-OH is 1. The lowest BCUT2D eigenvalue weighted by atomic mass is 10.1. The quantitative estimate of drug-likeness (QED) is 0.761. The first-order valence-corrected chi connectivity index (χ1v) is 7.51. The molecule has 2 heterocycles. The molecule has 3 rings (SSSR count). The van der Waals surface area contributed by atoms with Crippen molar-refractivity contribution in [1.82, 2.24) is 14.7 Å². The third-order valence-corrected chi connectivity index (χ3v) is 3.84. The molecule has 1 unspecified atom stereocenters. The Labute approximate surface area is 130 Å². The Morgan fingerprint density at radius 2 is 1.82 bits per heavy atom. The van der Waals surface area contributed by atoms with Crippen LogP contribution in [0.5, 0.6) is 0 Å². The predicted molar refractivity (Wildman–Crippen MR) is 87.8 cm³/mol. The largest absolute Gasteiger partial charge is 0.387 e. The van der Waals surface area contributed by atoms with E-state index >= 15 is 0 Å². The molecule has 1 aromatic carbocycles. The minimum atomic E-state index is -0.499. The highest BCUT2D eigenvalue weighted by atomic mass is 16.3. The van der Waals surface area contributed by atoms with E-state index in [-0.39, 0.29) is 0 Å². The van der Waals surface area contributed by atoms with Gasteiger partial charge in [0.2, 0.25) is 0 Å². The van der Waals surface area contributed by atoms with Gasteiger partial charge in [0, 0.05) is 19.3 Å². The van der Waals surface area contributed by atoms with Crippen molar-refractivity contribution in [1.29, 1.82) is 0 Å². The molecule has 0 aliphatic rings. The molecule has 2 aromatic heterocycles. The summed E-state index contributed by atoms with van der Waals surface area (Å²) in [7, 11) is 0. The number of hydrogen-bond donors (Lipinski definition) is 2. The maximum absolute atomic E-state index is 10.2. The molecule has 22 heavy (non-hydrogen) atoms. The number of nitrogens with zero attached hydrogens (tertiary/aromatic N) is 2. The van der Waals surface area contributed by atoms with Gasteiger partial charge in [-0.25, -0.2) is 4.98 Å². The Bertz CT molecular complexity index is 762. The molecule has 0 spiro atoms. The van der Waals surface area contributed by atoms with E-state index in [9.17, 15) is 5.11 Å². The number of pyridine rings is 1. The van der Waals surface area contributed by atoms with Crippen LogP contribution < -0.4 is 5.32 Å². The van der Waals surface area contributed by atoms with Crippen molar-refractivity contribution in [3.63, 3.8) is 0 Å². The monoisotopic (exact) mass is 295 g/mol. The summed E-state index contributed by atoms with van der Waals surface area (Å²) in [6.07, 6.45) is 3.46. The van der Waals surface area contributed by atoms with Crippen LogP contribution in [0.3, 0.4) is 0 Å². The molecule has 0 saturated heterocycles. The highest BCUT2D eigenvalue weighted by molar-refractivity contribution is 5.41. The molecule has 0 aliphatic carbocycles. The molecule has 0 aliphatic heterocycles. The molecule has 0 bridgehead atoms. The van der Waals surface area contributed by atoms with E-state index < -0.39 is 6.10 Å². The number of nitrogens with one attached hydrogen (secondary N) is 1. The number of fused-ring (bicyclic) bond motifs is 1. The van der Waals surface area contributed by atoms with Gasteiger partial charge < -0.3 is 14.8 Å². The Hall–Kier alpha value is -2.17. The van der Waals surface area contributed by atoms with E-state index in [1.54, 1.807) is 0 Å². The first-order chi connectivity index (χ1) is 10.6. The second-order valence-electron chi connectivity index (χ2n) is 5.74. The Morgan fingerprint density at radius 1 is 1.09 bits per heavy atom. The van der Waals surface area contributed by atoms with Crippen LogP contribution in [0.4, 0.5) is 0 Å². The second-order valence-corrected chi connectivity index (χ2v) is 5.74. The van der Waals surface area contributed by atoms with Crippen LogP contribution in [0.2, 0.25) is 0 Å². The average molecular weight is 295 g/mol. The van der Waals surface area contributed by atoms with Crippen molar-refractivity contribution in [2.75, 3.05) is 6.54 Å². The van der Waals surface area contributed by atoms with E-state index in [1.807, 2.05) is 43.5 Å². The van der Waals surface area contributed by atoms with Gasteiger partial charge in [0.05, 0.1) is 18.0 Å². The van der Waals surface area contributed by atoms with Crippen molar-refractivity contribution in [2.45, 2.75) is 26.5 Å². The molecule has 0 saturated carbocycles. The summed E-state index contributed by atoms with van der Waals surface area (Å²) in [6.45, 7) is 5.30. The number of imidazole rings is 1. The van der Waals surface area contributed by atoms with E-state index in [0.29, 0.717) is 13.1 Å². The number of aliphatic hydroxyl groups is 1. The van der Waals surface area contributed by atoms with Crippen molar-refractivity contribution in [3.8, 4) is 0 Å². The summed E-state index contributed by atoms with van der Waals surface area (Å²) < 4.78 is 2.08. The van der Waals surface area contributed by atoms with Gasteiger partial charge in [-0.2, -0.15) is 0 Å². The van der Waals surface area contributed by atoms with Gasteiger partial charge in [0.1, 0.15) is 5.65 Å². The molecule has 3 aromatic rings. The van der Waals surface area contributed by atoms with Crippen LogP contribution >= 0.6 is 0 Å². The van der Waals surface area contributed by atoms with Gasteiger partial charge in [-0.05, 0) is 31.0 Å². The normalized spacial score (nSPS) is 12.7. The van der Waals surface area contributed by atoms with Crippen LogP contribution in [0.25, 0.3) is 5.65 Å². The zero-order valence-electron chi connectivity index (χ0n) is 13.0. The predicted octanol–water partition coefficient (Wildman–Crippen LogP) is 2.77. The maximum atomic E-state index is 10.2. The molecule has 4 heteroatoms. The third-order valence-electron chi connectivity index (χ3n) is 3.84. The van der Waals surface area contributed by atoms with Crippen molar-refractivity contribution in [2.24, 2.45) is 0 Å². The Morgan fingerprint density at radius 3 is 2.59 bits per heavy atom. The minimum absolute atomic E-state index is 0.499. The van der Waals surface area contributed by atoms with E-state index in [0.717, 1.165) is 16.9 Å². The summed E-state index contributed by atoms with van der Waals surface area (Å²) in [6, 6.07) is 12.1. The smallest absolute Gasteiger partial charge is 0.136 e. The van der Waals surface area contributed by atoms with Gasteiger partial charge in [-0.1, -0.05) is 35.9 Å². The van der Waals surface area contributed by atoms with Crippen LogP contribution in [0.15, 0.2) is 48.8 Å². The molecule has 114 valence electrons. The van der Waals surface area contributed by atoms with Crippen molar-refractivity contribution >= 4 is 5.65 Å². The number of benzene rings is 1. The fourth-order valence-corrected chi connectivity index (χ4v) is 2.51. The Balaban J connectivity index is 1.62. The standard InChI is InChI=1S/C18H21N3O/c1-13-3-6-15(7-4-13)17(22)11-19-9-16-10-20-18-8-5-14(2)12-21(16)18/h3-8,10,12,17,19,22H,9,11H2,1-2H3. The minimum Gasteiger partial charge on any atom is -0.387 e. The lowest BCUT2D eigenvalue weighted by molar-refractivity contribution is 0.174. The van der Waals surface area contributed by atoms with Crippen molar-refractivity contribution in [3.05, 3.63) is 71.2 Å². The summed E-state index contributed by atoms with van der Waals surface area (Å²) in [5, 5.41) is 13.5. The number of aryl methyl sites for hydroxylation is 2. The zero-order chi connectivity index (χ0) is 15.5. The van der Waals surface area contributed by atoms with Crippen LogP contribution in [0.1, 0.15) is 28.5 Å². The van der Waals surface area contributed by atoms with Crippen LogP contribution in [0, 0.1) is 13.8 Å². The summed E-state index contributed by atoms with van der Waals surface area (Å²) in [5.41, 5.74) is 5.37. The van der Waals surface area contributed by atoms with Gasteiger partial charge >= 0.3 is 0 Å². The van der Waals surface area contributed by atoms with E-state index in [4.69, 9.17) is 0 Å².